The summed E-state index contributed by atoms with van der Waals surface area (Å²) in [7, 11) is 0. The van der Waals surface area contributed by atoms with E-state index in [1.165, 1.54) is 10.8 Å². The Morgan fingerprint density at radius 2 is 2.05 bits per heavy atom. The molecule has 0 saturated heterocycles. The largest absolute Gasteiger partial charge is 0.494 e. The molecule has 6 nitrogen and oxygen atoms in total. The van der Waals surface area contributed by atoms with Gasteiger partial charge in [0.2, 0.25) is 5.88 Å². The lowest BCUT2D eigenvalue weighted by Gasteiger charge is -2.10. The molecule has 1 aromatic heterocycles. The fourth-order valence-corrected chi connectivity index (χ4v) is 1.97. The monoisotopic (exact) mass is 291 g/mol. The first kappa shape index (κ1) is 14.2. The van der Waals surface area contributed by atoms with Crippen molar-refractivity contribution in [3.63, 3.8) is 0 Å². The molecule has 3 N–H and O–H groups in total. The number of H-pyrrole nitrogens is 1. The van der Waals surface area contributed by atoms with Gasteiger partial charge >= 0.3 is 0 Å². The molecule has 1 aromatic carbocycles. The van der Waals surface area contributed by atoms with E-state index < -0.39 is 5.56 Å². The van der Waals surface area contributed by atoms with Crippen LogP contribution in [0.25, 0.3) is 5.69 Å². The second-order valence-corrected chi connectivity index (χ2v) is 4.31. The van der Waals surface area contributed by atoms with Gasteiger partial charge in [-0.2, -0.15) is 0 Å². The highest BCUT2D eigenvalue weighted by atomic mass is 32.1. The summed E-state index contributed by atoms with van der Waals surface area (Å²) in [6.45, 7) is 0.0207. The molecule has 104 valence electrons. The maximum absolute atomic E-state index is 11.8. The van der Waals surface area contributed by atoms with Crippen molar-refractivity contribution in [1.29, 1.82) is 0 Å². The van der Waals surface area contributed by atoms with Crippen molar-refractivity contribution in [1.82, 2.24) is 9.55 Å². The number of aliphatic imine (C=N–C) groups is 1. The average Bonchev–Trinajstić information content (AvgIpc) is 2.43. The Balaban J connectivity index is 2.62. The first-order valence-corrected chi connectivity index (χ1v) is 6.30. The molecule has 0 amide bonds. The summed E-state index contributed by atoms with van der Waals surface area (Å²) < 4.78 is 1.44. The van der Waals surface area contributed by atoms with Gasteiger partial charge in [0, 0.05) is 6.21 Å². The predicted octanol–water partition coefficient (Wildman–Crippen LogP) is 1.01. The topological polar surface area (TPSA) is 90.6 Å². The molecule has 0 bridgehead atoms. The van der Waals surface area contributed by atoms with E-state index in [0.717, 1.165) is 0 Å². The summed E-state index contributed by atoms with van der Waals surface area (Å²) in [6.07, 6.45) is 1.22. The molecule has 0 spiro atoms. The maximum Gasteiger partial charge on any atom is 0.264 e. The zero-order valence-electron chi connectivity index (χ0n) is 10.5. The van der Waals surface area contributed by atoms with Crippen LogP contribution in [0.3, 0.4) is 0 Å². The number of aromatic hydroxyl groups is 1. The van der Waals surface area contributed by atoms with E-state index in [1.54, 1.807) is 24.3 Å². The Kier molecular flexibility index (Phi) is 4.44. The van der Waals surface area contributed by atoms with Crippen LogP contribution in [-0.4, -0.2) is 39.1 Å². The van der Waals surface area contributed by atoms with Gasteiger partial charge in [-0.25, -0.2) is 0 Å². The van der Waals surface area contributed by atoms with E-state index in [2.05, 4.69) is 9.98 Å². The molecule has 0 unspecified atom stereocenters. The minimum atomic E-state index is -0.527. The van der Waals surface area contributed by atoms with Crippen LogP contribution in [0, 0.1) is 4.77 Å². The molecule has 2 rings (SSSR count). The van der Waals surface area contributed by atoms with E-state index in [4.69, 9.17) is 17.3 Å². The molecule has 7 heteroatoms. The molecule has 0 aliphatic carbocycles. The zero-order valence-corrected chi connectivity index (χ0v) is 11.3. The molecular weight excluding hydrogens is 278 g/mol. The summed E-state index contributed by atoms with van der Waals surface area (Å²) in [6, 6.07) is 8.92. The molecule has 2 aromatic rings. The van der Waals surface area contributed by atoms with E-state index >= 15 is 0 Å². The molecule has 20 heavy (non-hydrogen) atoms. The number of aromatic amines is 1. The highest BCUT2D eigenvalue weighted by Crippen LogP contribution is 2.17. The number of aromatic nitrogens is 2. The standard InChI is InChI=1S/C13H13N3O3S/c17-7-6-14-8-10-11(18)15-13(20)16(12(10)19)9-4-2-1-3-5-9/h1-5,8,17,19H,6-7H2,(H,15,18,20). The van der Waals surface area contributed by atoms with Gasteiger partial charge in [-0.1, -0.05) is 18.2 Å². The third-order valence-corrected chi connectivity index (χ3v) is 2.87. The van der Waals surface area contributed by atoms with Crippen molar-refractivity contribution in [3.8, 4) is 11.6 Å². The SMILES string of the molecule is O=c1[nH]c(=S)n(-c2ccccc2)c(O)c1C=NCCO. The average molecular weight is 291 g/mol. The Morgan fingerprint density at radius 3 is 2.70 bits per heavy atom. The van der Waals surface area contributed by atoms with Gasteiger partial charge in [-0.3, -0.25) is 19.3 Å². The third kappa shape index (κ3) is 2.84. The number of aliphatic hydroxyl groups is 1. The highest BCUT2D eigenvalue weighted by Gasteiger charge is 2.11. The van der Waals surface area contributed by atoms with E-state index in [-0.39, 0.29) is 29.4 Å². The predicted molar refractivity (Wildman–Crippen MR) is 78.4 cm³/mol. The molecule has 0 aliphatic rings. The summed E-state index contributed by atoms with van der Waals surface area (Å²) >= 11 is 5.07. The second kappa shape index (κ2) is 6.27. The van der Waals surface area contributed by atoms with Crippen molar-refractivity contribution in [2.75, 3.05) is 13.2 Å². The molecule has 0 radical (unpaired) electrons. The van der Waals surface area contributed by atoms with Crippen molar-refractivity contribution in [2.24, 2.45) is 4.99 Å². The minimum absolute atomic E-state index is 0.00379. The molecular formula is C13H13N3O3S. The van der Waals surface area contributed by atoms with Gasteiger partial charge in [0.1, 0.15) is 5.56 Å². The Labute approximate surface area is 119 Å². The number of rotatable bonds is 4. The smallest absolute Gasteiger partial charge is 0.264 e. The van der Waals surface area contributed by atoms with Crippen molar-refractivity contribution in [3.05, 3.63) is 51.0 Å². The number of benzene rings is 1. The normalized spacial score (nSPS) is 11.1. The van der Waals surface area contributed by atoms with Crippen LogP contribution in [-0.2, 0) is 0 Å². The Hall–Kier alpha value is -2.25. The van der Waals surface area contributed by atoms with Crippen molar-refractivity contribution in [2.45, 2.75) is 0 Å². The fourth-order valence-electron chi connectivity index (χ4n) is 1.69. The highest BCUT2D eigenvalue weighted by molar-refractivity contribution is 7.71. The number of hydrogen-bond acceptors (Lipinski definition) is 5. The lowest BCUT2D eigenvalue weighted by molar-refractivity contribution is 0.307. The Bertz CT molecular complexity index is 735. The molecule has 0 aliphatic heterocycles. The lowest BCUT2D eigenvalue weighted by Crippen LogP contribution is -2.18. The lowest BCUT2D eigenvalue weighted by atomic mass is 10.3. The number of hydrogen-bond donors (Lipinski definition) is 3. The molecule has 0 atom stereocenters. The van der Waals surface area contributed by atoms with E-state index in [0.29, 0.717) is 5.69 Å². The van der Waals surface area contributed by atoms with Gasteiger partial charge in [0.05, 0.1) is 18.8 Å². The first-order chi connectivity index (χ1) is 9.65. The van der Waals surface area contributed by atoms with Crippen LogP contribution in [0.2, 0.25) is 0 Å². The molecule has 0 saturated carbocycles. The number of nitrogens with zero attached hydrogens (tertiary/aromatic N) is 2. The van der Waals surface area contributed by atoms with E-state index in [9.17, 15) is 9.90 Å². The zero-order chi connectivity index (χ0) is 14.5. The van der Waals surface area contributed by atoms with Crippen LogP contribution in [0.4, 0.5) is 0 Å². The molecule has 1 heterocycles. The first-order valence-electron chi connectivity index (χ1n) is 5.89. The van der Waals surface area contributed by atoms with E-state index in [1.807, 2.05) is 6.07 Å². The summed E-state index contributed by atoms with van der Waals surface area (Å²) in [4.78, 5) is 18.1. The van der Waals surface area contributed by atoms with Gasteiger partial charge in [-0.15, -0.1) is 0 Å². The molecule has 0 fully saturated rings. The van der Waals surface area contributed by atoms with Crippen LogP contribution in [0.5, 0.6) is 5.88 Å². The van der Waals surface area contributed by atoms with Crippen LogP contribution >= 0.6 is 12.2 Å². The summed E-state index contributed by atoms with van der Waals surface area (Å²) in [5.74, 6) is -0.286. The van der Waals surface area contributed by atoms with Crippen molar-refractivity contribution >= 4 is 18.4 Å². The number of aliphatic hydroxyl groups excluding tert-OH is 1. The van der Waals surface area contributed by atoms with Crippen molar-refractivity contribution < 1.29 is 10.2 Å². The quantitative estimate of drug-likeness (QED) is 0.579. The van der Waals surface area contributed by atoms with Crippen LogP contribution in [0.15, 0.2) is 40.1 Å². The number of nitrogens with one attached hydrogen (secondary N) is 1. The minimum Gasteiger partial charge on any atom is -0.494 e. The fraction of sp³-hybridized carbons (Fsp3) is 0.154. The summed E-state index contributed by atoms with van der Waals surface area (Å²) in [5, 5.41) is 18.9. The van der Waals surface area contributed by atoms with Gasteiger partial charge in [0.15, 0.2) is 4.77 Å². The van der Waals surface area contributed by atoms with Gasteiger partial charge < -0.3 is 10.2 Å². The van der Waals surface area contributed by atoms with Crippen LogP contribution < -0.4 is 5.56 Å². The van der Waals surface area contributed by atoms with Gasteiger partial charge in [0.25, 0.3) is 5.56 Å². The third-order valence-electron chi connectivity index (χ3n) is 2.58. The maximum atomic E-state index is 11.8. The number of para-hydroxylation sites is 1. The van der Waals surface area contributed by atoms with Crippen LogP contribution in [0.1, 0.15) is 5.56 Å². The van der Waals surface area contributed by atoms with Gasteiger partial charge in [-0.05, 0) is 24.4 Å². The summed E-state index contributed by atoms with van der Waals surface area (Å²) in [5.41, 5.74) is 0.0975. The Morgan fingerprint density at radius 1 is 1.35 bits per heavy atom. The second-order valence-electron chi connectivity index (χ2n) is 3.93.